The van der Waals surface area contributed by atoms with Gasteiger partial charge in [0, 0.05) is 24.4 Å². The first kappa shape index (κ1) is 31.0. The molecule has 2 atom stereocenters. The zero-order chi connectivity index (χ0) is 28.7. The van der Waals surface area contributed by atoms with Gasteiger partial charge in [-0.3, -0.25) is 9.59 Å². The van der Waals surface area contributed by atoms with Crippen LogP contribution in [0.2, 0.25) is 0 Å². The van der Waals surface area contributed by atoms with Crippen molar-refractivity contribution in [3.05, 3.63) is 114 Å². The Balaban J connectivity index is 0.00000103. The lowest BCUT2D eigenvalue weighted by Gasteiger charge is -2.18. The van der Waals surface area contributed by atoms with Crippen LogP contribution in [0.4, 0.5) is 5.69 Å². The largest absolute Gasteiger partial charge is 0.349 e. The van der Waals surface area contributed by atoms with Gasteiger partial charge in [-0.1, -0.05) is 106 Å². The van der Waals surface area contributed by atoms with E-state index < -0.39 is 11.0 Å². The van der Waals surface area contributed by atoms with Crippen LogP contribution in [-0.2, 0) is 39.2 Å². The fraction of sp³-hybridized carbons (Fsp3) is 0.333. The lowest BCUT2D eigenvalue weighted by molar-refractivity contribution is -0.120. The molecule has 2 amide bonds. The van der Waals surface area contributed by atoms with E-state index in [-0.39, 0.29) is 24.4 Å². The van der Waals surface area contributed by atoms with E-state index in [1.807, 2.05) is 84.9 Å². The molecule has 0 radical (unpaired) electrons. The first-order chi connectivity index (χ1) is 19.3. The maximum atomic E-state index is 12.9. The molecule has 0 aromatic heterocycles. The van der Waals surface area contributed by atoms with Gasteiger partial charge in [0.2, 0.25) is 5.91 Å². The first-order valence-electron chi connectivity index (χ1n) is 13.9. The van der Waals surface area contributed by atoms with Gasteiger partial charge >= 0.3 is 0 Å². The van der Waals surface area contributed by atoms with Gasteiger partial charge in [0.05, 0.1) is 23.3 Å². The van der Waals surface area contributed by atoms with Crippen molar-refractivity contribution in [1.82, 2.24) is 10.0 Å². The molecule has 3 aromatic rings. The highest BCUT2D eigenvalue weighted by molar-refractivity contribution is 7.82. The second kappa shape index (κ2) is 16.5. The van der Waals surface area contributed by atoms with Crippen LogP contribution in [0.1, 0.15) is 43.9 Å². The quantitative estimate of drug-likeness (QED) is 0.310. The second-order valence-electron chi connectivity index (χ2n) is 10.5. The lowest BCUT2D eigenvalue weighted by atomic mass is 10.0. The summed E-state index contributed by atoms with van der Waals surface area (Å²) in [6.07, 6.45) is 5.56. The summed E-state index contributed by atoms with van der Waals surface area (Å²) < 4.78 is 15.1. The number of para-hydroxylation sites is 1. The highest BCUT2D eigenvalue weighted by Gasteiger charge is 2.22. The number of rotatable bonds is 11. The number of carbonyl (C=O) groups is 2. The number of nitrogens with one attached hydrogen (secondary N) is 2. The second-order valence-corrected chi connectivity index (χ2v) is 11.7. The average Bonchev–Trinajstić information content (AvgIpc) is 3.38. The Hall–Kier alpha value is -3.55. The van der Waals surface area contributed by atoms with Gasteiger partial charge in [0.1, 0.15) is 0 Å². The third-order valence-corrected chi connectivity index (χ3v) is 7.15. The minimum absolute atomic E-state index is 0.0669. The third-order valence-electron chi connectivity index (χ3n) is 6.09. The fourth-order valence-corrected chi connectivity index (χ4v) is 5.11. The number of anilines is 1. The molecular formula is C33H41N3O3S. The first-order valence-corrected chi connectivity index (χ1v) is 15.2. The standard InChI is InChI=1S/C29H31N3O3S.C4H10/c33-28(21-30-36(35)22-24-11-5-2-6-12-24)31-26(16-15-23-9-3-1-4-10-23)17-18-29(34)32-20-19-25-13-7-8-14-27(25)32;1-4(2)3/h1-14,17-18,26,30H,15-16,19-22H2,(H,31,33);4H,1-3H3/b18-17+;/t26-,36?;/m0./s1. The number of carbonyl (C=O) groups excluding carboxylic acids is 2. The molecule has 0 saturated carbocycles. The molecule has 1 unspecified atom stereocenters. The highest BCUT2D eigenvalue weighted by atomic mass is 32.2. The van der Waals surface area contributed by atoms with Crippen LogP contribution in [0.3, 0.4) is 0 Å². The van der Waals surface area contributed by atoms with Crippen LogP contribution < -0.4 is 14.9 Å². The van der Waals surface area contributed by atoms with Crippen molar-refractivity contribution >= 4 is 28.5 Å². The summed E-state index contributed by atoms with van der Waals surface area (Å²) >= 11 is 0. The SMILES string of the molecule is CC(C)C.O=C(CNS(=O)Cc1ccccc1)N[C@H](/C=C/C(=O)N1CCc2ccccc21)CCc1ccccc1. The fourth-order valence-electron chi connectivity index (χ4n) is 4.22. The maximum absolute atomic E-state index is 12.9. The lowest BCUT2D eigenvalue weighted by Crippen LogP contribution is -2.40. The van der Waals surface area contributed by atoms with Crippen molar-refractivity contribution in [2.24, 2.45) is 5.92 Å². The maximum Gasteiger partial charge on any atom is 0.250 e. The Labute approximate surface area is 241 Å². The predicted octanol–water partition coefficient (Wildman–Crippen LogP) is 5.37. The van der Waals surface area contributed by atoms with Gasteiger partial charge in [-0.05, 0) is 47.9 Å². The molecule has 2 N–H and O–H groups in total. The zero-order valence-electron chi connectivity index (χ0n) is 23.7. The summed E-state index contributed by atoms with van der Waals surface area (Å²) in [6, 6.07) is 27.1. The highest BCUT2D eigenvalue weighted by Crippen LogP contribution is 2.27. The van der Waals surface area contributed by atoms with Crippen molar-refractivity contribution < 1.29 is 13.8 Å². The number of fused-ring (bicyclic) bond motifs is 1. The molecule has 212 valence electrons. The predicted molar refractivity (Wildman–Crippen MR) is 165 cm³/mol. The van der Waals surface area contributed by atoms with Crippen molar-refractivity contribution in [1.29, 1.82) is 0 Å². The molecule has 1 heterocycles. The summed E-state index contributed by atoms with van der Waals surface area (Å²) in [4.78, 5) is 27.4. The minimum Gasteiger partial charge on any atom is -0.349 e. The van der Waals surface area contributed by atoms with E-state index in [1.165, 1.54) is 5.56 Å². The molecule has 1 aliphatic rings. The number of amides is 2. The molecule has 0 saturated heterocycles. The molecule has 4 rings (SSSR count). The molecule has 0 spiro atoms. The Morgan fingerprint density at radius 3 is 2.17 bits per heavy atom. The number of nitrogens with zero attached hydrogens (tertiary/aromatic N) is 1. The van der Waals surface area contributed by atoms with Crippen LogP contribution in [0.15, 0.2) is 97.1 Å². The van der Waals surface area contributed by atoms with Crippen LogP contribution in [-0.4, -0.2) is 35.2 Å². The molecule has 0 aliphatic carbocycles. The summed E-state index contributed by atoms with van der Waals surface area (Å²) in [6.45, 7) is 7.09. The Bertz CT molecular complexity index is 1260. The zero-order valence-corrected chi connectivity index (χ0v) is 24.5. The molecule has 0 fully saturated rings. The number of benzene rings is 3. The summed E-state index contributed by atoms with van der Waals surface area (Å²) in [5.74, 6) is 0.802. The molecule has 6 nitrogen and oxygen atoms in total. The van der Waals surface area contributed by atoms with Gasteiger partial charge in [-0.15, -0.1) is 0 Å². The van der Waals surface area contributed by atoms with Gasteiger partial charge in [0.25, 0.3) is 5.91 Å². The van der Waals surface area contributed by atoms with Crippen molar-refractivity contribution in [3.63, 3.8) is 0 Å². The molecule has 7 heteroatoms. The average molecular weight is 560 g/mol. The molecule has 0 bridgehead atoms. The molecule has 1 aliphatic heterocycles. The minimum atomic E-state index is -1.36. The van der Waals surface area contributed by atoms with E-state index in [2.05, 4.69) is 30.8 Å². The van der Waals surface area contributed by atoms with E-state index in [9.17, 15) is 13.8 Å². The van der Waals surface area contributed by atoms with E-state index in [1.54, 1.807) is 17.1 Å². The van der Waals surface area contributed by atoms with Crippen LogP contribution in [0.5, 0.6) is 0 Å². The number of hydrogen-bond donors (Lipinski definition) is 2. The van der Waals surface area contributed by atoms with Crippen molar-refractivity contribution in [2.75, 3.05) is 18.0 Å². The third kappa shape index (κ3) is 10.9. The summed E-state index contributed by atoms with van der Waals surface area (Å²) in [5, 5.41) is 2.98. The van der Waals surface area contributed by atoms with Crippen LogP contribution in [0, 0.1) is 5.92 Å². The number of hydrogen-bond acceptors (Lipinski definition) is 3. The molecule has 3 aromatic carbocycles. The number of aryl methyl sites for hydroxylation is 1. The summed E-state index contributed by atoms with van der Waals surface area (Å²) in [5.41, 5.74) is 4.21. The smallest absolute Gasteiger partial charge is 0.250 e. The van der Waals surface area contributed by atoms with Gasteiger partial charge < -0.3 is 10.2 Å². The van der Waals surface area contributed by atoms with E-state index in [0.717, 1.165) is 35.6 Å². The van der Waals surface area contributed by atoms with Gasteiger partial charge in [-0.25, -0.2) is 8.93 Å². The Kier molecular flexibility index (Phi) is 12.8. The van der Waals surface area contributed by atoms with E-state index in [0.29, 0.717) is 18.7 Å². The molecule has 40 heavy (non-hydrogen) atoms. The van der Waals surface area contributed by atoms with Crippen molar-refractivity contribution in [3.8, 4) is 0 Å². The van der Waals surface area contributed by atoms with Gasteiger partial charge in [-0.2, -0.15) is 0 Å². The van der Waals surface area contributed by atoms with Crippen LogP contribution in [0.25, 0.3) is 0 Å². The monoisotopic (exact) mass is 559 g/mol. The van der Waals surface area contributed by atoms with Crippen molar-refractivity contribution in [2.45, 2.75) is 51.8 Å². The van der Waals surface area contributed by atoms with Gasteiger partial charge in [0.15, 0.2) is 0 Å². The normalized spacial score (nSPS) is 13.8. The van der Waals surface area contributed by atoms with E-state index in [4.69, 9.17) is 0 Å². The van der Waals surface area contributed by atoms with Crippen LogP contribution >= 0.6 is 0 Å². The van der Waals surface area contributed by atoms with E-state index >= 15 is 0 Å². The topological polar surface area (TPSA) is 78.5 Å². The Morgan fingerprint density at radius 2 is 1.50 bits per heavy atom. The summed E-state index contributed by atoms with van der Waals surface area (Å²) in [7, 11) is -1.36. The Morgan fingerprint density at radius 1 is 0.900 bits per heavy atom. The molecular weight excluding hydrogens is 518 g/mol.